The van der Waals surface area contributed by atoms with Gasteiger partial charge in [0.05, 0.1) is 0 Å². The third-order valence-electron chi connectivity index (χ3n) is 2.73. The topological polar surface area (TPSA) is 12.0 Å². The first-order chi connectivity index (χ1) is 6.74. The molecule has 1 N–H and O–H groups in total. The number of hydrogen-bond acceptors (Lipinski definition) is 1. The summed E-state index contributed by atoms with van der Waals surface area (Å²) in [6.07, 6.45) is 11.4. The van der Waals surface area contributed by atoms with Crippen molar-refractivity contribution in [2.45, 2.75) is 26.7 Å². The third kappa shape index (κ3) is 3.51. The highest BCUT2D eigenvalue weighted by atomic mass is 14.8. The van der Waals surface area contributed by atoms with Gasteiger partial charge in [0.15, 0.2) is 0 Å². The van der Waals surface area contributed by atoms with E-state index in [1.165, 1.54) is 17.6 Å². The molecule has 0 aromatic carbocycles. The summed E-state index contributed by atoms with van der Waals surface area (Å²) in [6.45, 7) is 5.55. The van der Waals surface area contributed by atoms with Gasteiger partial charge in [-0.25, -0.2) is 0 Å². The van der Waals surface area contributed by atoms with Crippen LogP contribution in [0.3, 0.4) is 0 Å². The van der Waals surface area contributed by atoms with E-state index in [1.54, 1.807) is 0 Å². The lowest BCUT2D eigenvalue weighted by atomic mass is 9.96. The molecule has 0 spiro atoms. The van der Waals surface area contributed by atoms with Crippen molar-refractivity contribution < 1.29 is 0 Å². The van der Waals surface area contributed by atoms with Gasteiger partial charge >= 0.3 is 0 Å². The molecule has 0 aromatic heterocycles. The number of allylic oxidation sites excluding steroid dienone is 6. The molecule has 0 aliphatic heterocycles. The monoisotopic (exact) mass is 191 g/mol. The predicted octanol–water partition coefficient (Wildman–Crippen LogP) is 3.06. The van der Waals surface area contributed by atoms with E-state index < -0.39 is 0 Å². The fraction of sp³-hybridized carbons (Fsp3) is 0.538. The van der Waals surface area contributed by atoms with Crippen molar-refractivity contribution in [1.82, 2.24) is 5.32 Å². The van der Waals surface area contributed by atoms with Crippen molar-refractivity contribution in [2.75, 3.05) is 13.6 Å². The average molecular weight is 191 g/mol. The predicted molar refractivity (Wildman–Crippen MR) is 63.3 cm³/mol. The summed E-state index contributed by atoms with van der Waals surface area (Å²) in [5.41, 5.74) is 2.85. The van der Waals surface area contributed by atoms with E-state index in [2.05, 4.69) is 43.5 Å². The Morgan fingerprint density at radius 3 is 2.86 bits per heavy atom. The van der Waals surface area contributed by atoms with E-state index in [9.17, 15) is 0 Å². The van der Waals surface area contributed by atoms with Gasteiger partial charge in [0, 0.05) is 0 Å². The average Bonchev–Trinajstić information content (AvgIpc) is 2.39. The first-order valence-electron chi connectivity index (χ1n) is 5.43. The van der Waals surface area contributed by atoms with Crippen LogP contribution in [0.2, 0.25) is 0 Å². The number of nitrogens with one attached hydrogen (secondary N) is 1. The highest BCUT2D eigenvalue weighted by Crippen LogP contribution is 2.19. The lowest BCUT2D eigenvalue weighted by molar-refractivity contribution is 0.592. The Kier molecular flexibility index (Phi) is 4.68. The summed E-state index contributed by atoms with van der Waals surface area (Å²) >= 11 is 0. The van der Waals surface area contributed by atoms with Crippen LogP contribution in [0.5, 0.6) is 0 Å². The molecule has 0 saturated heterocycles. The van der Waals surface area contributed by atoms with Crippen molar-refractivity contribution >= 4 is 0 Å². The van der Waals surface area contributed by atoms with Crippen LogP contribution in [0, 0.1) is 5.92 Å². The van der Waals surface area contributed by atoms with Crippen LogP contribution >= 0.6 is 0 Å². The molecule has 0 saturated carbocycles. The quantitative estimate of drug-likeness (QED) is 0.720. The number of rotatable bonds is 4. The van der Waals surface area contributed by atoms with Crippen LogP contribution in [0.25, 0.3) is 0 Å². The van der Waals surface area contributed by atoms with Crippen LogP contribution in [0.1, 0.15) is 26.7 Å². The molecule has 0 bridgehead atoms. The van der Waals surface area contributed by atoms with Gasteiger partial charge in [-0.05, 0) is 44.8 Å². The fourth-order valence-electron chi connectivity index (χ4n) is 1.64. The highest BCUT2D eigenvalue weighted by molar-refractivity contribution is 5.32. The largest absolute Gasteiger partial charge is 0.320 e. The van der Waals surface area contributed by atoms with Crippen molar-refractivity contribution in [3.8, 4) is 0 Å². The molecular formula is C13H21N. The summed E-state index contributed by atoms with van der Waals surface area (Å²) in [7, 11) is 2.01. The van der Waals surface area contributed by atoms with Gasteiger partial charge in [-0.15, -0.1) is 0 Å². The molecule has 1 aliphatic rings. The summed E-state index contributed by atoms with van der Waals surface area (Å²) in [4.78, 5) is 0. The van der Waals surface area contributed by atoms with Crippen LogP contribution in [-0.4, -0.2) is 13.6 Å². The van der Waals surface area contributed by atoms with E-state index in [1.807, 2.05) is 7.05 Å². The van der Waals surface area contributed by atoms with E-state index in [4.69, 9.17) is 0 Å². The summed E-state index contributed by atoms with van der Waals surface area (Å²) in [6, 6.07) is 0. The van der Waals surface area contributed by atoms with Gasteiger partial charge in [-0.2, -0.15) is 0 Å². The van der Waals surface area contributed by atoms with Crippen molar-refractivity contribution in [1.29, 1.82) is 0 Å². The van der Waals surface area contributed by atoms with Crippen LogP contribution in [-0.2, 0) is 0 Å². The maximum atomic E-state index is 3.20. The van der Waals surface area contributed by atoms with Crippen molar-refractivity contribution in [2.24, 2.45) is 5.92 Å². The lowest BCUT2D eigenvalue weighted by Crippen LogP contribution is -2.12. The normalized spacial score (nSPS) is 18.5. The van der Waals surface area contributed by atoms with Gasteiger partial charge < -0.3 is 5.32 Å². The second-order valence-electron chi connectivity index (χ2n) is 4.01. The Morgan fingerprint density at radius 1 is 1.36 bits per heavy atom. The molecule has 1 atom stereocenters. The molecule has 78 valence electrons. The summed E-state index contributed by atoms with van der Waals surface area (Å²) in [5, 5.41) is 3.20. The Hall–Kier alpha value is -0.820. The second kappa shape index (κ2) is 5.82. The fourth-order valence-corrected chi connectivity index (χ4v) is 1.64. The molecule has 0 aromatic rings. The minimum Gasteiger partial charge on any atom is -0.320 e. The molecule has 1 heteroatoms. The van der Waals surface area contributed by atoms with E-state index in [0.717, 1.165) is 13.0 Å². The van der Waals surface area contributed by atoms with Gasteiger partial charge in [0.2, 0.25) is 0 Å². The first-order valence-corrected chi connectivity index (χ1v) is 5.43. The smallest absolute Gasteiger partial charge is 0.00462 e. The Balaban J connectivity index is 2.52. The maximum absolute atomic E-state index is 3.20. The first kappa shape index (κ1) is 11.3. The van der Waals surface area contributed by atoms with E-state index in [0.29, 0.717) is 5.92 Å². The zero-order valence-corrected chi connectivity index (χ0v) is 9.51. The van der Waals surface area contributed by atoms with Crippen LogP contribution in [0.15, 0.2) is 35.5 Å². The molecule has 0 radical (unpaired) electrons. The molecule has 0 unspecified atom stereocenters. The van der Waals surface area contributed by atoms with Gasteiger partial charge in [0.25, 0.3) is 0 Å². The molecule has 1 aliphatic carbocycles. The molecule has 14 heavy (non-hydrogen) atoms. The van der Waals surface area contributed by atoms with Crippen molar-refractivity contribution in [3.63, 3.8) is 0 Å². The van der Waals surface area contributed by atoms with Crippen LogP contribution in [0.4, 0.5) is 0 Å². The molecule has 0 heterocycles. The van der Waals surface area contributed by atoms with Crippen LogP contribution < -0.4 is 5.32 Å². The van der Waals surface area contributed by atoms with Gasteiger partial charge in [-0.3, -0.25) is 0 Å². The Labute approximate surface area is 87.6 Å². The summed E-state index contributed by atoms with van der Waals surface area (Å²) < 4.78 is 0. The minimum absolute atomic E-state index is 0.665. The third-order valence-corrected chi connectivity index (χ3v) is 2.73. The molecular weight excluding hydrogens is 170 g/mol. The standard InChI is InChI=1S/C13H21N/c1-11-5-4-6-13(8-7-11)12(2)9-10-14-3/h5-8,12,14H,4,9-10H2,1-3H3/t12-/m1/s1. The molecule has 0 fully saturated rings. The zero-order valence-electron chi connectivity index (χ0n) is 9.51. The lowest BCUT2D eigenvalue weighted by Gasteiger charge is -2.11. The Bertz CT molecular complexity index is 258. The van der Waals surface area contributed by atoms with Gasteiger partial charge in [0.1, 0.15) is 0 Å². The summed E-state index contributed by atoms with van der Waals surface area (Å²) in [5.74, 6) is 0.665. The zero-order chi connectivity index (χ0) is 10.4. The molecule has 1 rings (SSSR count). The van der Waals surface area contributed by atoms with E-state index >= 15 is 0 Å². The molecule has 0 amide bonds. The minimum atomic E-state index is 0.665. The molecule has 1 nitrogen and oxygen atoms in total. The second-order valence-corrected chi connectivity index (χ2v) is 4.01. The maximum Gasteiger partial charge on any atom is -0.00462 e. The Morgan fingerprint density at radius 2 is 2.14 bits per heavy atom. The number of hydrogen-bond donors (Lipinski definition) is 1. The van der Waals surface area contributed by atoms with Gasteiger partial charge in [-0.1, -0.05) is 36.8 Å². The highest BCUT2D eigenvalue weighted by Gasteiger charge is 2.06. The van der Waals surface area contributed by atoms with Crippen molar-refractivity contribution in [3.05, 3.63) is 35.5 Å². The SMILES string of the molecule is CNCC[C@@H](C)C1=CCC=C(C)C=C1. The van der Waals surface area contributed by atoms with E-state index in [-0.39, 0.29) is 0 Å².